The number of aliphatic hydroxyl groups excluding tert-OH is 1. The fourth-order valence-electron chi connectivity index (χ4n) is 1.04. The number of anilines is 3. The first-order chi connectivity index (χ1) is 7.58. The molecule has 1 rings (SSSR count). The summed E-state index contributed by atoms with van der Waals surface area (Å²) in [6.07, 6.45) is 0. The third-order valence-corrected chi connectivity index (χ3v) is 1.92. The van der Waals surface area contributed by atoms with E-state index in [0.717, 1.165) is 0 Å². The summed E-state index contributed by atoms with van der Waals surface area (Å²) in [5.74, 6) is 6.52. The number of likely N-dealkylation sites (N-methyl/N-ethyl adjacent to an activating group) is 1. The molecule has 0 radical (unpaired) electrons. The van der Waals surface area contributed by atoms with Gasteiger partial charge in [0.05, 0.1) is 6.61 Å². The van der Waals surface area contributed by atoms with Crippen LogP contribution in [0.2, 0.25) is 0 Å². The Balaban J connectivity index is 3.03. The van der Waals surface area contributed by atoms with Crippen molar-refractivity contribution in [2.24, 2.45) is 5.84 Å². The second kappa shape index (κ2) is 5.42. The minimum absolute atomic E-state index is 0.0326. The maximum atomic E-state index is 8.84. The molecule has 0 amide bonds. The summed E-state index contributed by atoms with van der Waals surface area (Å²) in [5, 5.41) is 8.84. The van der Waals surface area contributed by atoms with Gasteiger partial charge in [-0.25, -0.2) is 5.84 Å². The number of rotatable bonds is 5. The molecule has 0 spiro atoms. The predicted octanol–water partition coefficient (Wildman–Crippen LogP) is -1.35. The molecule has 0 saturated heterocycles. The van der Waals surface area contributed by atoms with Crippen LogP contribution < -0.4 is 21.1 Å². The van der Waals surface area contributed by atoms with E-state index in [0.29, 0.717) is 24.4 Å². The Morgan fingerprint density at radius 3 is 2.31 bits per heavy atom. The van der Waals surface area contributed by atoms with Gasteiger partial charge in [-0.1, -0.05) is 0 Å². The molecular weight excluding hydrogens is 210 g/mol. The number of nitrogens with one attached hydrogen (secondary N) is 1. The molecule has 0 aliphatic heterocycles. The number of aromatic nitrogens is 3. The summed E-state index contributed by atoms with van der Waals surface area (Å²) in [6, 6.07) is 0. The van der Waals surface area contributed by atoms with Gasteiger partial charge in [-0.2, -0.15) is 15.0 Å². The molecule has 1 aromatic heterocycles. The predicted molar refractivity (Wildman–Crippen MR) is 62.3 cm³/mol. The van der Waals surface area contributed by atoms with E-state index in [2.05, 4.69) is 20.4 Å². The molecule has 0 aliphatic rings. The van der Waals surface area contributed by atoms with E-state index in [1.807, 2.05) is 14.1 Å². The molecule has 4 N–H and O–H groups in total. The number of hydrogen-bond donors (Lipinski definition) is 3. The molecule has 0 unspecified atom stereocenters. The zero-order chi connectivity index (χ0) is 12.1. The van der Waals surface area contributed by atoms with E-state index in [1.165, 1.54) is 0 Å². The van der Waals surface area contributed by atoms with Gasteiger partial charge in [-0.15, -0.1) is 0 Å². The van der Waals surface area contributed by atoms with E-state index in [4.69, 9.17) is 10.9 Å². The Morgan fingerprint density at radius 2 is 1.81 bits per heavy atom. The lowest BCUT2D eigenvalue weighted by Crippen LogP contribution is -2.26. The van der Waals surface area contributed by atoms with Gasteiger partial charge < -0.3 is 14.9 Å². The number of nitrogens with zero attached hydrogens (tertiary/aromatic N) is 5. The fourth-order valence-corrected chi connectivity index (χ4v) is 1.04. The van der Waals surface area contributed by atoms with E-state index in [-0.39, 0.29) is 6.61 Å². The van der Waals surface area contributed by atoms with Gasteiger partial charge in [0.2, 0.25) is 17.8 Å². The van der Waals surface area contributed by atoms with Crippen molar-refractivity contribution in [2.45, 2.75) is 0 Å². The maximum Gasteiger partial charge on any atom is 0.243 e. The summed E-state index contributed by atoms with van der Waals surface area (Å²) in [5.41, 5.74) is 2.38. The number of nitrogen functional groups attached to an aromatic ring is 1. The highest BCUT2D eigenvalue weighted by Crippen LogP contribution is 2.12. The molecule has 1 aromatic rings. The molecule has 8 nitrogen and oxygen atoms in total. The monoisotopic (exact) mass is 227 g/mol. The van der Waals surface area contributed by atoms with Crippen molar-refractivity contribution in [3.8, 4) is 0 Å². The average Bonchev–Trinajstić information content (AvgIpc) is 2.28. The van der Waals surface area contributed by atoms with Crippen LogP contribution in [0.1, 0.15) is 0 Å². The molecule has 0 saturated carbocycles. The van der Waals surface area contributed by atoms with Crippen LogP contribution >= 0.6 is 0 Å². The summed E-state index contributed by atoms with van der Waals surface area (Å²) in [6.45, 7) is 0.478. The quantitative estimate of drug-likeness (QED) is 0.419. The van der Waals surface area contributed by atoms with Gasteiger partial charge in [0, 0.05) is 27.7 Å². The normalized spacial score (nSPS) is 10.1. The Morgan fingerprint density at radius 1 is 1.19 bits per heavy atom. The van der Waals surface area contributed by atoms with Crippen molar-refractivity contribution < 1.29 is 5.11 Å². The molecule has 16 heavy (non-hydrogen) atoms. The second-order valence-corrected chi connectivity index (χ2v) is 3.44. The van der Waals surface area contributed by atoms with Gasteiger partial charge in [-0.3, -0.25) is 5.43 Å². The molecular formula is C8H17N7O. The van der Waals surface area contributed by atoms with Crippen LogP contribution in [0.15, 0.2) is 0 Å². The molecule has 0 bridgehead atoms. The fraction of sp³-hybridized carbons (Fsp3) is 0.625. The largest absolute Gasteiger partial charge is 0.395 e. The van der Waals surface area contributed by atoms with E-state index in [1.54, 1.807) is 16.8 Å². The first-order valence-corrected chi connectivity index (χ1v) is 4.80. The van der Waals surface area contributed by atoms with Crippen LogP contribution in [0.5, 0.6) is 0 Å². The van der Waals surface area contributed by atoms with Gasteiger partial charge in [0.1, 0.15) is 0 Å². The van der Waals surface area contributed by atoms with Gasteiger partial charge >= 0.3 is 0 Å². The highest BCUT2D eigenvalue weighted by molar-refractivity contribution is 5.43. The van der Waals surface area contributed by atoms with Crippen molar-refractivity contribution in [3.05, 3.63) is 0 Å². The van der Waals surface area contributed by atoms with Gasteiger partial charge in [-0.05, 0) is 0 Å². The van der Waals surface area contributed by atoms with Crippen LogP contribution in [0.4, 0.5) is 17.8 Å². The second-order valence-electron chi connectivity index (χ2n) is 3.44. The SMILES string of the molecule is CN(C)c1nc(NN)nc(N(C)CCO)n1. The Kier molecular flexibility index (Phi) is 4.20. The van der Waals surface area contributed by atoms with Crippen LogP contribution in [0.3, 0.4) is 0 Å². The minimum atomic E-state index is 0.0326. The zero-order valence-corrected chi connectivity index (χ0v) is 9.67. The molecule has 0 atom stereocenters. The van der Waals surface area contributed by atoms with Crippen molar-refractivity contribution in [1.82, 2.24) is 15.0 Å². The number of nitrogens with two attached hydrogens (primary N) is 1. The zero-order valence-electron chi connectivity index (χ0n) is 9.67. The van der Waals surface area contributed by atoms with E-state index in [9.17, 15) is 0 Å². The van der Waals surface area contributed by atoms with Crippen LogP contribution in [-0.4, -0.2) is 54.4 Å². The highest BCUT2D eigenvalue weighted by Gasteiger charge is 2.10. The molecule has 8 heteroatoms. The van der Waals surface area contributed by atoms with Crippen LogP contribution in [0.25, 0.3) is 0 Å². The van der Waals surface area contributed by atoms with Crippen LogP contribution in [-0.2, 0) is 0 Å². The van der Waals surface area contributed by atoms with Crippen molar-refractivity contribution >= 4 is 17.8 Å². The molecule has 90 valence electrons. The maximum absolute atomic E-state index is 8.84. The molecule has 0 aromatic carbocycles. The van der Waals surface area contributed by atoms with Gasteiger partial charge in [0.15, 0.2) is 0 Å². The number of hydrazine groups is 1. The van der Waals surface area contributed by atoms with Crippen molar-refractivity contribution in [3.63, 3.8) is 0 Å². The third kappa shape index (κ3) is 2.91. The third-order valence-electron chi connectivity index (χ3n) is 1.92. The summed E-state index contributed by atoms with van der Waals surface area (Å²) in [7, 11) is 5.43. The van der Waals surface area contributed by atoms with Gasteiger partial charge in [0.25, 0.3) is 0 Å². The average molecular weight is 227 g/mol. The minimum Gasteiger partial charge on any atom is -0.395 e. The van der Waals surface area contributed by atoms with Crippen molar-refractivity contribution in [1.29, 1.82) is 0 Å². The standard InChI is InChI=1S/C8H17N7O/c1-14(2)7-10-6(13-9)11-8(12-7)15(3)4-5-16/h16H,4-5,9H2,1-3H3,(H,10,11,12,13). The van der Waals surface area contributed by atoms with E-state index >= 15 is 0 Å². The molecule has 0 aliphatic carbocycles. The first kappa shape index (κ1) is 12.4. The topological polar surface area (TPSA) is 103 Å². The Labute approximate surface area is 94.1 Å². The van der Waals surface area contributed by atoms with E-state index < -0.39 is 0 Å². The number of hydrogen-bond acceptors (Lipinski definition) is 8. The van der Waals surface area contributed by atoms with Crippen molar-refractivity contribution in [2.75, 3.05) is 49.5 Å². The molecule has 0 fully saturated rings. The summed E-state index contributed by atoms with van der Waals surface area (Å²) in [4.78, 5) is 15.8. The first-order valence-electron chi connectivity index (χ1n) is 4.80. The lowest BCUT2D eigenvalue weighted by Gasteiger charge is -2.18. The number of aliphatic hydroxyl groups is 1. The lowest BCUT2D eigenvalue weighted by molar-refractivity contribution is 0.303. The highest BCUT2D eigenvalue weighted by atomic mass is 16.3. The Bertz CT molecular complexity index is 343. The Hall–Kier alpha value is -1.67. The van der Waals surface area contributed by atoms with Crippen LogP contribution in [0, 0.1) is 0 Å². The summed E-state index contributed by atoms with van der Waals surface area (Å²) < 4.78 is 0. The lowest BCUT2D eigenvalue weighted by atomic mass is 10.6. The summed E-state index contributed by atoms with van der Waals surface area (Å²) >= 11 is 0. The smallest absolute Gasteiger partial charge is 0.243 e. The molecule has 1 heterocycles.